The smallest absolute Gasteiger partial charge is 0.172 e. The van der Waals surface area contributed by atoms with E-state index in [-0.39, 0.29) is 0 Å². The number of hydrogen-bond donors (Lipinski definition) is 0. The van der Waals surface area contributed by atoms with Crippen molar-refractivity contribution in [3.63, 3.8) is 0 Å². The number of hydrogen-bond acceptors (Lipinski definition) is 1. The van der Waals surface area contributed by atoms with Crippen molar-refractivity contribution < 1.29 is 24.4 Å². The Hall–Kier alpha value is -0.391. The molecule has 0 bridgehead atoms. The van der Waals surface area contributed by atoms with Crippen molar-refractivity contribution in [2.24, 2.45) is 0 Å². The van der Waals surface area contributed by atoms with Gasteiger partial charge in [0.1, 0.15) is 0 Å². The fourth-order valence-corrected chi connectivity index (χ4v) is 0.321. The van der Waals surface area contributed by atoms with E-state index in [9.17, 15) is 0 Å². The van der Waals surface area contributed by atoms with Gasteiger partial charge in [-0.3, -0.25) is 0 Å². The van der Waals surface area contributed by atoms with E-state index in [0.717, 1.165) is 6.98 Å². The van der Waals surface area contributed by atoms with E-state index in [0.29, 0.717) is 0 Å². The fraction of sp³-hybridized carbons (Fsp3) is 0.222. The maximum atomic E-state index is 7.50. The van der Waals surface area contributed by atoms with Crippen LogP contribution in [0, 0.1) is 13.3 Å². The van der Waals surface area contributed by atoms with Gasteiger partial charge in [-0.05, 0) is 0 Å². The van der Waals surface area contributed by atoms with Crippen molar-refractivity contribution in [1.82, 2.24) is 4.67 Å². The molecule has 1 aromatic rings. The molecule has 0 spiro atoms. The Labute approximate surface area is 94.0 Å². The van der Waals surface area contributed by atoms with E-state index in [4.69, 9.17) is 9.30 Å². The van der Waals surface area contributed by atoms with E-state index in [2.05, 4.69) is 28.4 Å². The van der Waals surface area contributed by atoms with E-state index in [1.807, 2.05) is 49.1 Å². The molecular weight excluding hydrogens is 241 g/mol. The van der Waals surface area contributed by atoms with Gasteiger partial charge in [-0.2, -0.15) is 18.2 Å². The van der Waals surface area contributed by atoms with E-state index in [1.165, 1.54) is 0 Å². The first-order valence-electron chi connectivity index (χ1n) is 3.33. The molecule has 0 aromatic heterocycles. The van der Waals surface area contributed by atoms with Gasteiger partial charge in [0.25, 0.3) is 0 Å². The summed E-state index contributed by atoms with van der Waals surface area (Å²) in [5.74, 6) is 0. The summed E-state index contributed by atoms with van der Waals surface area (Å²) in [5, 5.41) is 0. The van der Waals surface area contributed by atoms with Gasteiger partial charge >= 0.3 is 63.4 Å². The molecule has 0 unspecified atom stereocenters. The van der Waals surface area contributed by atoms with Gasteiger partial charge in [-0.1, -0.05) is 0 Å². The fourth-order valence-electron chi connectivity index (χ4n) is 0.321. The molecule has 0 saturated heterocycles. The summed E-state index contributed by atoms with van der Waals surface area (Å²) >= 11 is 3.58. The molecule has 3 nitrogen and oxygen atoms in total. The van der Waals surface area contributed by atoms with E-state index >= 15 is 0 Å². The van der Waals surface area contributed by atoms with Crippen molar-refractivity contribution in [1.29, 1.82) is 0 Å². The average Bonchev–Trinajstić information content (AvgIpc) is 2.82. The molecule has 0 saturated carbocycles. The molecule has 0 N–H and O–H groups in total. The minimum atomic E-state index is 1.08. The summed E-state index contributed by atoms with van der Waals surface area (Å²) in [6.45, 7) is 10.1. The summed E-state index contributed by atoms with van der Waals surface area (Å²) < 4.78 is 17.0. The first-order valence-corrected chi connectivity index (χ1v) is 5.53. The first-order chi connectivity index (χ1) is 6.77. The second-order valence-corrected chi connectivity index (χ2v) is 3.48. The summed E-state index contributed by atoms with van der Waals surface area (Å²) in [5.41, 5.74) is 0. The molecule has 0 aliphatic rings. The van der Waals surface area contributed by atoms with Gasteiger partial charge in [0.15, 0.2) is 0 Å². The summed E-state index contributed by atoms with van der Waals surface area (Å²) in [4.78, 5) is 0. The van der Waals surface area contributed by atoms with Crippen molar-refractivity contribution >= 4 is 6.98 Å². The maximum absolute atomic E-state index is 7.50. The molecule has 0 amide bonds. The van der Waals surface area contributed by atoms with Crippen molar-refractivity contribution in [2.45, 2.75) is 0 Å². The van der Waals surface area contributed by atoms with Crippen LogP contribution in [0.3, 0.4) is 0 Å². The van der Waals surface area contributed by atoms with Gasteiger partial charge < -0.3 is 0 Å². The zero-order valence-electron chi connectivity index (χ0n) is 7.95. The molecule has 14 heavy (non-hydrogen) atoms. The molecule has 78 valence electrons. The van der Waals surface area contributed by atoms with Crippen LogP contribution in [0.1, 0.15) is 0 Å². The topological polar surface area (TPSA) is 43.0 Å². The number of nitrogens with zero attached hydrogens (tertiary/aromatic N) is 1. The van der Waals surface area contributed by atoms with Crippen LogP contribution in [0.2, 0.25) is 0 Å². The standard InChI is InChI=1S/C5H5.C2H6NP.2CO.Fe/c1-2-4-5-3-1;1-3(2)4;2*1-2;/h1-5H;1-2H3;;;/q-1;;;;. The molecule has 5 heteroatoms. The average molecular weight is 252 g/mol. The van der Waals surface area contributed by atoms with Gasteiger partial charge in [-0.15, -0.1) is 0 Å². The van der Waals surface area contributed by atoms with Gasteiger partial charge in [-0.25, -0.2) is 12.1 Å². The summed E-state index contributed by atoms with van der Waals surface area (Å²) in [6.07, 6.45) is 0. The van der Waals surface area contributed by atoms with Crippen LogP contribution in [-0.2, 0) is 24.4 Å². The third kappa shape index (κ3) is 29.9. The molecule has 0 heterocycles. The Balaban J connectivity index is -0.000000128. The Morgan fingerprint density at radius 3 is 1.50 bits per heavy atom. The normalized spacial score (nSPS) is 6.86. The minimum Gasteiger partial charge on any atom is -0.214 e. The largest absolute Gasteiger partial charge is 0.214 e. The van der Waals surface area contributed by atoms with Crippen LogP contribution >= 0.6 is 6.98 Å². The zero-order chi connectivity index (χ0) is 11.8. The second-order valence-electron chi connectivity index (χ2n) is 1.88. The molecule has 1 rings (SSSR count). The van der Waals surface area contributed by atoms with Gasteiger partial charge in [0, 0.05) is 0 Å². The predicted molar refractivity (Wildman–Crippen MR) is 50.5 cm³/mol. The maximum Gasteiger partial charge on any atom is -0.172 e. The molecule has 0 radical (unpaired) electrons. The third-order valence-corrected chi connectivity index (χ3v) is 2.30. The number of rotatable bonds is 1. The van der Waals surface area contributed by atoms with Gasteiger partial charge in [0.05, 0.1) is 0 Å². The van der Waals surface area contributed by atoms with Crippen LogP contribution in [0.5, 0.6) is 0 Å². The van der Waals surface area contributed by atoms with E-state index < -0.39 is 0 Å². The van der Waals surface area contributed by atoms with Crippen LogP contribution < -0.4 is 0 Å². The summed E-state index contributed by atoms with van der Waals surface area (Å²) in [7, 11) is 3.96. The van der Waals surface area contributed by atoms with Crippen molar-refractivity contribution in [3.8, 4) is 0 Å². The van der Waals surface area contributed by atoms with Crippen molar-refractivity contribution in [3.05, 3.63) is 43.6 Å². The predicted octanol–water partition coefficient (Wildman–Crippen LogP) is 2.20. The van der Waals surface area contributed by atoms with Crippen LogP contribution in [0.4, 0.5) is 0 Å². The van der Waals surface area contributed by atoms with Crippen molar-refractivity contribution in [2.75, 3.05) is 14.1 Å². The first kappa shape index (κ1) is 19.2. The quantitative estimate of drug-likeness (QED) is 0.327. The second kappa shape index (κ2) is 22.9. The molecule has 0 aliphatic heterocycles. The Bertz CT molecular complexity index is 196. The Morgan fingerprint density at radius 2 is 1.43 bits per heavy atom. The Morgan fingerprint density at radius 1 is 1.14 bits per heavy atom. The third-order valence-electron chi connectivity index (χ3n) is 0.697. The molecule has 0 fully saturated rings. The van der Waals surface area contributed by atoms with Crippen LogP contribution in [0.15, 0.2) is 30.3 Å². The van der Waals surface area contributed by atoms with E-state index in [1.54, 1.807) is 0 Å². The monoisotopic (exact) mass is 252 g/mol. The minimum absolute atomic E-state index is 1.08. The zero-order valence-corrected chi connectivity index (χ0v) is 9.95. The summed E-state index contributed by atoms with van der Waals surface area (Å²) in [6, 6.07) is 10.0. The van der Waals surface area contributed by atoms with Crippen LogP contribution in [-0.4, -0.2) is 18.8 Å². The Kier molecular flexibility index (Phi) is 31.5. The van der Waals surface area contributed by atoms with Gasteiger partial charge in [0.2, 0.25) is 0 Å². The molecule has 0 atom stereocenters. The molecular formula is C9H11FeNO2P-. The van der Waals surface area contributed by atoms with Crippen LogP contribution in [0.25, 0.3) is 0 Å². The molecule has 1 aromatic carbocycles. The molecule has 0 aliphatic carbocycles. The SMILES string of the molecule is CN(C)[P]=[Fe].[C-]#[O+].[C-]#[O+].c1cc[cH-]c1.